The number of halogens is 2. The van der Waals surface area contributed by atoms with Gasteiger partial charge in [0.1, 0.15) is 5.75 Å². The average Bonchev–Trinajstić information content (AvgIpc) is 2.46. The van der Waals surface area contributed by atoms with Gasteiger partial charge in [-0.25, -0.2) is 8.78 Å². The molecule has 0 aromatic heterocycles. The topological polar surface area (TPSA) is 21.3 Å². The van der Waals surface area contributed by atoms with Gasteiger partial charge in [-0.3, -0.25) is 0 Å². The first-order chi connectivity index (χ1) is 10.1. The van der Waals surface area contributed by atoms with Gasteiger partial charge in [0.2, 0.25) is 0 Å². The Hall–Kier alpha value is -2.10. The third-order valence-corrected chi connectivity index (χ3v) is 2.94. The lowest BCUT2D eigenvalue weighted by Gasteiger charge is -2.15. The summed E-state index contributed by atoms with van der Waals surface area (Å²) >= 11 is 0. The Labute approximate surface area is 123 Å². The molecule has 0 aliphatic carbocycles. The van der Waals surface area contributed by atoms with E-state index in [1.807, 2.05) is 44.2 Å². The molecule has 2 aromatic carbocycles. The minimum Gasteiger partial charge on any atom is -0.489 e. The second-order valence-corrected chi connectivity index (χ2v) is 5.06. The molecule has 0 aliphatic rings. The van der Waals surface area contributed by atoms with Crippen LogP contribution in [-0.2, 0) is 6.54 Å². The van der Waals surface area contributed by atoms with E-state index in [4.69, 9.17) is 4.74 Å². The molecule has 0 spiro atoms. The van der Waals surface area contributed by atoms with E-state index < -0.39 is 6.43 Å². The lowest BCUT2D eigenvalue weighted by atomic mass is 10.1. The van der Waals surface area contributed by atoms with E-state index in [0.29, 0.717) is 6.54 Å². The number of nitrogens with one attached hydrogen (secondary N) is 1. The molecule has 0 radical (unpaired) electrons. The van der Waals surface area contributed by atoms with E-state index in [1.165, 1.54) is 12.1 Å². The summed E-state index contributed by atoms with van der Waals surface area (Å²) in [5.41, 5.74) is 1.71. The van der Waals surface area contributed by atoms with E-state index in [0.717, 1.165) is 17.0 Å². The predicted octanol–water partition coefficient (Wildman–Crippen LogP) is 5.02. The highest BCUT2D eigenvalue weighted by molar-refractivity contribution is 5.56. The Morgan fingerprint density at radius 1 is 1.05 bits per heavy atom. The lowest BCUT2D eigenvalue weighted by molar-refractivity contribution is 0.151. The molecule has 21 heavy (non-hydrogen) atoms. The Balaban J connectivity index is 2.08. The second-order valence-electron chi connectivity index (χ2n) is 5.06. The van der Waals surface area contributed by atoms with E-state index in [2.05, 4.69) is 5.32 Å². The van der Waals surface area contributed by atoms with Crippen molar-refractivity contribution in [2.45, 2.75) is 32.9 Å². The first-order valence-electron chi connectivity index (χ1n) is 6.93. The van der Waals surface area contributed by atoms with Gasteiger partial charge in [-0.1, -0.05) is 30.3 Å². The molecule has 0 amide bonds. The van der Waals surface area contributed by atoms with Crippen LogP contribution in [0.4, 0.5) is 14.5 Å². The molecule has 0 aliphatic heterocycles. The maximum atomic E-state index is 12.7. The molecule has 112 valence electrons. The van der Waals surface area contributed by atoms with E-state index in [1.54, 1.807) is 6.07 Å². The number of benzene rings is 2. The predicted molar refractivity (Wildman–Crippen MR) is 80.9 cm³/mol. The van der Waals surface area contributed by atoms with Crippen molar-refractivity contribution in [3.8, 4) is 5.75 Å². The molecule has 0 heterocycles. The number of hydrogen-bond donors (Lipinski definition) is 1. The average molecular weight is 291 g/mol. The largest absolute Gasteiger partial charge is 0.489 e. The maximum Gasteiger partial charge on any atom is 0.263 e. The second kappa shape index (κ2) is 7.07. The number of ether oxygens (including phenoxy) is 1. The Morgan fingerprint density at radius 3 is 2.52 bits per heavy atom. The highest BCUT2D eigenvalue weighted by Crippen LogP contribution is 2.26. The number of hydrogen-bond acceptors (Lipinski definition) is 2. The summed E-state index contributed by atoms with van der Waals surface area (Å²) in [5.74, 6) is 0.762. The molecule has 2 nitrogen and oxygen atoms in total. The maximum absolute atomic E-state index is 12.7. The van der Waals surface area contributed by atoms with Crippen LogP contribution >= 0.6 is 0 Å². The molecule has 0 bridgehead atoms. The van der Waals surface area contributed by atoms with Crippen LogP contribution in [0.1, 0.15) is 31.4 Å². The van der Waals surface area contributed by atoms with E-state index >= 15 is 0 Å². The van der Waals surface area contributed by atoms with Crippen molar-refractivity contribution in [2.75, 3.05) is 5.32 Å². The Kier molecular flexibility index (Phi) is 5.14. The highest BCUT2D eigenvalue weighted by atomic mass is 19.3. The zero-order valence-corrected chi connectivity index (χ0v) is 12.1. The lowest BCUT2D eigenvalue weighted by Crippen LogP contribution is -2.08. The van der Waals surface area contributed by atoms with Crippen molar-refractivity contribution >= 4 is 5.69 Å². The molecule has 0 saturated carbocycles. The van der Waals surface area contributed by atoms with Gasteiger partial charge in [0.05, 0.1) is 11.8 Å². The quantitative estimate of drug-likeness (QED) is 0.806. The fourth-order valence-corrected chi connectivity index (χ4v) is 2.01. The molecular formula is C17H19F2NO. The molecular weight excluding hydrogens is 272 g/mol. The third kappa shape index (κ3) is 4.45. The third-order valence-electron chi connectivity index (χ3n) is 2.94. The number of para-hydroxylation sites is 2. The summed E-state index contributed by atoms with van der Waals surface area (Å²) in [6, 6.07) is 14.0. The van der Waals surface area contributed by atoms with Crippen LogP contribution in [0.3, 0.4) is 0 Å². The van der Waals surface area contributed by atoms with Gasteiger partial charge in [0, 0.05) is 12.1 Å². The van der Waals surface area contributed by atoms with Crippen molar-refractivity contribution in [1.82, 2.24) is 0 Å². The number of alkyl halides is 2. The van der Waals surface area contributed by atoms with Crippen molar-refractivity contribution in [3.05, 3.63) is 59.7 Å². The van der Waals surface area contributed by atoms with Gasteiger partial charge in [-0.15, -0.1) is 0 Å². The summed E-state index contributed by atoms with van der Waals surface area (Å²) in [6.07, 6.45) is -2.36. The highest BCUT2D eigenvalue weighted by Gasteiger charge is 2.08. The van der Waals surface area contributed by atoms with Gasteiger partial charge in [-0.05, 0) is 37.6 Å². The van der Waals surface area contributed by atoms with Crippen LogP contribution in [0.5, 0.6) is 5.75 Å². The molecule has 2 aromatic rings. The van der Waals surface area contributed by atoms with Gasteiger partial charge in [0.25, 0.3) is 6.43 Å². The van der Waals surface area contributed by atoms with Gasteiger partial charge in [0.15, 0.2) is 0 Å². The summed E-state index contributed by atoms with van der Waals surface area (Å²) in [4.78, 5) is 0. The van der Waals surface area contributed by atoms with Crippen LogP contribution in [-0.4, -0.2) is 6.10 Å². The Bertz CT molecular complexity index is 585. The zero-order valence-electron chi connectivity index (χ0n) is 12.1. The number of anilines is 1. The molecule has 1 N–H and O–H groups in total. The van der Waals surface area contributed by atoms with Crippen LogP contribution in [0.25, 0.3) is 0 Å². The van der Waals surface area contributed by atoms with E-state index in [-0.39, 0.29) is 11.7 Å². The summed E-state index contributed by atoms with van der Waals surface area (Å²) in [5, 5.41) is 3.23. The first kappa shape index (κ1) is 15.3. The standard InChI is InChI=1S/C17H19F2NO/c1-12(2)21-16-9-4-3-8-15(16)20-11-13-6-5-7-14(10-13)17(18)19/h3-10,12,17,20H,11H2,1-2H3. The van der Waals surface area contributed by atoms with E-state index in [9.17, 15) is 8.78 Å². The smallest absolute Gasteiger partial charge is 0.263 e. The van der Waals surface area contributed by atoms with Crippen LogP contribution in [0.15, 0.2) is 48.5 Å². The van der Waals surface area contributed by atoms with Gasteiger partial charge >= 0.3 is 0 Å². The fourth-order valence-electron chi connectivity index (χ4n) is 2.01. The summed E-state index contributed by atoms with van der Waals surface area (Å²) in [7, 11) is 0. The number of rotatable bonds is 6. The minimum atomic E-state index is -2.44. The van der Waals surface area contributed by atoms with Crippen molar-refractivity contribution < 1.29 is 13.5 Å². The first-order valence-corrected chi connectivity index (χ1v) is 6.93. The summed E-state index contributed by atoms with van der Waals surface area (Å²) in [6.45, 7) is 4.39. The van der Waals surface area contributed by atoms with Gasteiger partial charge in [-0.2, -0.15) is 0 Å². The monoisotopic (exact) mass is 291 g/mol. The van der Waals surface area contributed by atoms with Gasteiger partial charge < -0.3 is 10.1 Å². The van der Waals surface area contributed by atoms with Crippen LogP contribution in [0, 0.1) is 0 Å². The fraction of sp³-hybridized carbons (Fsp3) is 0.294. The van der Waals surface area contributed by atoms with Crippen molar-refractivity contribution in [1.29, 1.82) is 0 Å². The van der Waals surface area contributed by atoms with Crippen LogP contribution in [0.2, 0.25) is 0 Å². The molecule has 4 heteroatoms. The molecule has 0 unspecified atom stereocenters. The SMILES string of the molecule is CC(C)Oc1ccccc1NCc1cccc(C(F)F)c1. The van der Waals surface area contributed by atoms with Crippen molar-refractivity contribution in [3.63, 3.8) is 0 Å². The summed E-state index contributed by atoms with van der Waals surface area (Å²) < 4.78 is 31.1. The minimum absolute atomic E-state index is 0.0426. The Morgan fingerprint density at radius 2 is 1.81 bits per heavy atom. The molecule has 0 atom stereocenters. The zero-order chi connectivity index (χ0) is 15.2. The molecule has 0 saturated heterocycles. The van der Waals surface area contributed by atoms with Crippen LogP contribution < -0.4 is 10.1 Å². The molecule has 2 rings (SSSR count). The molecule has 0 fully saturated rings. The van der Waals surface area contributed by atoms with Crippen molar-refractivity contribution in [2.24, 2.45) is 0 Å². The normalized spacial score (nSPS) is 11.0.